The van der Waals surface area contributed by atoms with E-state index < -0.39 is 12.2 Å². The summed E-state index contributed by atoms with van der Waals surface area (Å²) in [4.78, 5) is 18.7. The highest BCUT2D eigenvalue weighted by Crippen LogP contribution is 2.32. The number of rotatable bonds is 4. The van der Waals surface area contributed by atoms with Crippen molar-refractivity contribution >= 4 is 27.9 Å². The van der Waals surface area contributed by atoms with Gasteiger partial charge in [0.15, 0.2) is 5.58 Å². The number of hydrogen-bond donors (Lipinski definition) is 1. The Morgan fingerprint density at radius 1 is 1.30 bits per heavy atom. The summed E-state index contributed by atoms with van der Waals surface area (Å²) in [6.45, 7) is -0.179. The predicted octanol–water partition coefficient (Wildman–Crippen LogP) is 3.46. The van der Waals surface area contributed by atoms with Crippen LogP contribution in [0.15, 0.2) is 53.1 Å². The second-order valence-electron chi connectivity index (χ2n) is 7.88. The number of para-hydroxylation sites is 1. The zero-order valence-corrected chi connectivity index (χ0v) is 16.6. The molecule has 1 aliphatic rings. The lowest BCUT2D eigenvalue weighted by molar-refractivity contribution is -0.132. The lowest BCUT2D eigenvalue weighted by atomic mass is 10.1. The summed E-state index contributed by atoms with van der Waals surface area (Å²) in [6.07, 6.45) is 1.24. The van der Waals surface area contributed by atoms with Gasteiger partial charge in [-0.3, -0.25) is 4.79 Å². The number of likely N-dealkylation sites (tertiary alicyclic amines) is 1. The Balaban J connectivity index is 1.44. The maximum atomic E-state index is 13.7. The minimum Gasteiger partial charge on any atom is -0.436 e. The molecule has 2 aromatic heterocycles. The number of amides is 1. The second kappa shape index (κ2) is 7.25. The van der Waals surface area contributed by atoms with Crippen LogP contribution in [0.4, 0.5) is 4.39 Å². The van der Waals surface area contributed by atoms with E-state index in [9.17, 15) is 14.3 Å². The molecule has 154 valence electrons. The van der Waals surface area contributed by atoms with Crippen molar-refractivity contribution in [3.63, 3.8) is 0 Å². The van der Waals surface area contributed by atoms with E-state index in [0.29, 0.717) is 17.0 Å². The first-order valence-corrected chi connectivity index (χ1v) is 10.0. The largest absolute Gasteiger partial charge is 0.436 e. The molecule has 7 heteroatoms. The number of halogens is 1. The third kappa shape index (κ3) is 3.15. The molecule has 2 unspecified atom stereocenters. The van der Waals surface area contributed by atoms with Crippen molar-refractivity contribution in [3.05, 3.63) is 54.2 Å². The summed E-state index contributed by atoms with van der Waals surface area (Å²) < 4.78 is 21.7. The van der Waals surface area contributed by atoms with Gasteiger partial charge >= 0.3 is 0 Å². The van der Waals surface area contributed by atoms with Crippen LogP contribution in [0.25, 0.3) is 33.5 Å². The van der Waals surface area contributed by atoms with E-state index in [2.05, 4.69) is 4.98 Å². The summed E-state index contributed by atoms with van der Waals surface area (Å²) in [5.41, 5.74) is 4.10. The van der Waals surface area contributed by atoms with Crippen molar-refractivity contribution in [2.45, 2.75) is 25.1 Å². The first-order valence-electron chi connectivity index (χ1n) is 10.0. The molecule has 1 amide bonds. The number of aliphatic hydroxyl groups excluding tert-OH is 1. The Labute approximate surface area is 172 Å². The molecule has 3 heterocycles. The molecule has 2 aromatic carbocycles. The monoisotopic (exact) mass is 407 g/mol. The van der Waals surface area contributed by atoms with Crippen molar-refractivity contribution in [1.29, 1.82) is 0 Å². The average Bonchev–Trinajstić information content (AvgIpc) is 3.42. The molecule has 4 aromatic rings. The normalized spacial score (nSPS) is 19.2. The van der Waals surface area contributed by atoms with Crippen LogP contribution in [-0.4, -0.2) is 50.8 Å². The Morgan fingerprint density at radius 3 is 2.97 bits per heavy atom. The van der Waals surface area contributed by atoms with Gasteiger partial charge in [-0.05, 0) is 23.8 Å². The molecule has 0 bridgehead atoms. The zero-order chi connectivity index (χ0) is 20.8. The molecular weight excluding hydrogens is 385 g/mol. The summed E-state index contributed by atoms with van der Waals surface area (Å²) in [6, 6.07) is 13.1. The quantitative estimate of drug-likeness (QED) is 0.562. The Kier molecular flexibility index (Phi) is 4.55. The average molecular weight is 407 g/mol. The highest BCUT2D eigenvalue weighted by molar-refractivity contribution is 5.95. The van der Waals surface area contributed by atoms with E-state index in [4.69, 9.17) is 4.42 Å². The SMILES string of the molecule is Cn1cc(-c2nc3ccc(CC(=O)N4CC(F)CC4CO)cc3o2)c2ccccc21. The van der Waals surface area contributed by atoms with Gasteiger partial charge in [0.1, 0.15) is 11.7 Å². The van der Waals surface area contributed by atoms with Gasteiger partial charge in [-0.1, -0.05) is 24.3 Å². The van der Waals surface area contributed by atoms with Crippen molar-refractivity contribution in [3.8, 4) is 11.5 Å². The van der Waals surface area contributed by atoms with E-state index in [1.165, 1.54) is 4.90 Å². The fourth-order valence-corrected chi connectivity index (χ4v) is 4.32. The number of aliphatic hydroxyl groups is 1. The summed E-state index contributed by atoms with van der Waals surface area (Å²) in [7, 11) is 1.98. The standard InChI is InChI=1S/C23H22FN3O3/c1-26-12-18(17-4-2-3-5-20(17)26)23-25-19-7-6-14(8-21(19)30-23)9-22(29)27-11-15(24)10-16(27)13-28/h2-8,12,15-16,28H,9-11,13H2,1H3. The van der Waals surface area contributed by atoms with Crippen LogP contribution in [-0.2, 0) is 18.3 Å². The topological polar surface area (TPSA) is 71.5 Å². The van der Waals surface area contributed by atoms with Crippen LogP contribution < -0.4 is 0 Å². The molecule has 0 spiro atoms. The molecular formula is C23H22FN3O3. The number of carbonyl (C=O) groups is 1. The van der Waals surface area contributed by atoms with Gasteiger partial charge in [0.2, 0.25) is 11.8 Å². The third-order valence-corrected chi connectivity index (χ3v) is 5.83. The highest BCUT2D eigenvalue weighted by atomic mass is 19.1. The van der Waals surface area contributed by atoms with Crippen molar-refractivity contribution < 1.29 is 18.7 Å². The van der Waals surface area contributed by atoms with Gasteiger partial charge in [-0.2, -0.15) is 0 Å². The minimum absolute atomic E-state index is 0.0415. The van der Waals surface area contributed by atoms with Crippen molar-refractivity contribution in [2.75, 3.05) is 13.2 Å². The van der Waals surface area contributed by atoms with Gasteiger partial charge in [0.25, 0.3) is 0 Å². The summed E-state index contributed by atoms with van der Waals surface area (Å²) >= 11 is 0. The van der Waals surface area contributed by atoms with Crippen LogP contribution >= 0.6 is 0 Å². The number of fused-ring (bicyclic) bond motifs is 2. The number of oxazole rings is 1. The minimum atomic E-state index is -1.08. The van der Waals surface area contributed by atoms with Crippen molar-refractivity contribution in [2.24, 2.45) is 7.05 Å². The van der Waals surface area contributed by atoms with E-state index >= 15 is 0 Å². The van der Waals surface area contributed by atoms with Crippen LogP contribution in [0, 0.1) is 0 Å². The molecule has 0 aliphatic carbocycles. The van der Waals surface area contributed by atoms with Crippen LogP contribution in [0.3, 0.4) is 0 Å². The molecule has 6 nitrogen and oxygen atoms in total. The van der Waals surface area contributed by atoms with Gasteiger partial charge in [-0.15, -0.1) is 0 Å². The Hall–Kier alpha value is -3.19. The van der Waals surface area contributed by atoms with E-state index in [-0.39, 0.29) is 31.9 Å². The van der Waals surface area contributed by atoms with Crippen LogP contribution in [0.1, 0.15) is 12.0 Å². The molecule has 0 radical (unpaired) electrons. The zero-order valence-electron chi connectivity index (χ0n) is 16.6. The molecule has 5 rings (SSSR count). The number of benzene rings is 2. The van der Waals surface area contributed by atoms with E-state index in [0.717, 1.165) is 22.0 Å². The van der Waals surface area contributed by atoms with Gasteiger partial charge < -0.3 is 19.0 Å². The molecule has 1 N–H and O–H groups in total. The molecule has 2 atom stereocenters. The number of nitrogens with zero attached hydrogens (tertiary/aromatic N) is 3. The fraction of sp³-hybridized carbons (Fsp3) is 0.304. The van der Waals surface area contributed by atoms with Crippen LogP contribution in [0.5, 0.6) is 0 Å². The van der Waals surface area contributed by atoms with E-state index in [1.807, 2.05) is 60.3 Å². The number of carbonyl (C=O) groups excluding carboxylic acids is 1. The predicted molar refractivity (Wildman–Crippen MR) is 112 cm³/mol. The van der Waals surface area contributed by atoms with Gasteiger partial charge in [-0.25, -0.2) is 9.37 Å². The molecule has 1 fully saturated rings. The molecule has 0 saturated carbocycles. The maximum Gasteiger partial charge on any atom is 0.229 e. The highest BCUT2D eigenvalue weighted by Gasteiger charge is 2.34. The smallest absolute Gasteiger partial charge is 0.229 e. The van der Waals surface area contributed by atoms with Crippen LogP contribution in [0.2, 0.25) is 0 Å². The first-order chi connectivity index (χ1) is 14.5. The van der Waals surface area contributed by atoms with Gasteiger partial charge in [0, 0.05) is 30.6 Å². The molecule has 1 aliphatic heterocycles. The number of aryl methyl sites for hydroxylation is 1. The lowest BCUT2D eigenvalue weighted by Gasteiger charge is -2.22. The van der Waals surface area contributed by atoms with Gasteiger partial charge in [0.05, 0.1) is 31.2 Å². The first kappa shape index (κ1) is 18.8. The molecule has 1 saturated heterocycles. The lowest BCUT2D eigenvalue weighted by Crippen LogP contribution is -2.38. The van der Waals surface area contributed by atoms with E-state index in [1.54, 1.807) is 0 Å². The Morgan fingerprint density at radius 2 is 2.13 bits per heavy atom. The fourth-order valence-electron chi connectivity index (χ4n) is 4.32. The van der Waals surface area contributed by atoms with Crippen molar-refractivity contribution in [1.82, 2.24) is 14.5 Å². The molecule has 30 heavy (non-hydrogen) atoms. The summed E-state index contributed by atoms with van der Waals surface area (Å²) in [5.74, 6) is 0.341. The maximum absolute atomic E-state index is 13.7. The Bertz CT molecular complexity index is 1250. The third-order valence-electron chi connectivity index (χ3n) is 5.83. The summed E-state index contributed by atoms with van der Waals surface area (Å²) in [5, 5.41) is 10.5. The number of hydrogen-bond acceptors (Lipinski definition) is 4. The number of aromatic nitrogens is 2. The second-order valence-corrected chi connectivity index (χ2v) is 7.88. The number of alkyl halides is 1.